The Labute approximate surface area is 177 Å². The third-order valence-electron chi connectivity index (χ3n) is 7.76. The fourth-order valence-corrected chi connectivity index (χ4v) is 7.39. The lowest BCUT2D eigenvalue weighted by molar-refractivity contribution is -0.889. The number of nitrogens with one attached hydrogen (secondary N) is 2. The van der Waals surface area contributed by atoms with Crippen LogP contribution in [0.4, 0.5) is 0 Å². The van der Waals surface area contributed by atoms with Crippen molar-refractivity contribution >= 4 is 17.2 Å². The zero-order valence-corrected chi connectivity index (χ0v) is 17.2. The highest BCUT2D eigenvalue weighted by Gasteiger charge is 2.67. The molecule has 2 bridgehead atoms. The summed E-state index contributed by atoms with van der Waals surface area (Å²) in [4.78, 5) is 13.8. The van der Waals surface area contributed by atoms with Gasteiger partial charge < -0.3 is 30.5 Å². The fraction of sp³-hybridized carbons (Fsp3) is 0.500. The van der Waals surface area contributed by atoms with Gasteiger partial charge >= 0.3 is 0 Å². The molecule has 4 N–H and O–H groups in total. The molecule has 30 heavy (non-hydrogen) atoms. The van der Waals surface area contributed by atoms with E-state index >= 15 is 0 Å². The van der Waals surface area contributed by atoms with Crippen molar-refractivity contribution in [3.8, 4) is 17.2 Å². The van der Waals surface area contributed by atoms with Gasteiger partial charge in [-0.15, -0.1) is 11.3 Å². The van der Waals surface area contributed by atoms with Crippen LogP contribution in [0.1, 0.15) is 35.3 Å². The summed E-state index contributed by atoms with van der Waals surface area (Å²) in [6.07, 6.45) is 2.80. The van der Waals surface area contributed by atoms with Crippen molar-refractivity contribution < 1.29 is 24.8 Å². The van der Waals surface area contributed by atoms with Gasteiger partial charge in [0.15, 0.2) is 11.5 Å². The lowest BCUT2D eigenvalue weighted by atomic mass is 9.51. The molecule has 6 atom stereocenters. The lowest BCUT2D eigenvalue weighted by Gasteiger charge is -2.58. The van der Waals surface area contributed by atoms with Crippen LogP contribution < -0.4 is 15.1 Å². The van der Waals surface area contributed by atoms with Crippen LogP contribution in [-0.2, 0) is 23.1 Å². The van der Waals surface area contributed by atoms with E-state index in [9.17, 15) is 20.2 Å². The number of quaternary nitrogens is 1. The van der Waals surface area contributed by atoms with Crippen LogP contribution >= 0.6 is 11.3 Å². The molecule has 7 nitrogen and oxygen atoms in total. The minimum absolute atomic E-state index is 0.0259. The van der Waals surface area contributed by atoms with Crippen molar-refractivity contribution in [2.75, 3.05) is 6.54 Å². The second kappa shape index (κ2) is 6.35. The van der Waals surface area contributed by atoms with Crippen molar-refractivity contribution in [2.24, 2.45) is 5.92 Å². The second-order valence-corrected chi connectivity index (χ2v) is 10.1. The Hall–Kier alpha value is -2.29. The summed E-state index contributed by atoms with van der Waals surface area (Å²) in [6, 6.07) is 5.08. The molecule has 158 valence electrons. The number of aromatic hydroxyl groups is 2. The maximum absolute atomic E-state index is 12.8. The average molecular weight is 429 g/mol. The second-order valence-electron chi connectivity index (χ2n) is 9.07. The zero-order chi connectivity index (χ0) is 20.6. The smallest absolute Gasteiger partial charge is 0.225 e. The molecule has 4 aliphatic rings. The predicted octanol–water partition coefficient (Wildman–Crippen LogP) is 1.01. The van der Waals surface area contributed by atoms with E-state index in [0.29, 0.717) is 37.1 Å². The molecule has 2 fully saturated rings. The molecule has 6 rings (SSSR count). The van der Waals surface area contributed by atoms with Crippen molar-refractivity contribution in [1.82, 2.24) is 5.32 Å². The number of amides is 1. The first-order valence-electron chi connectivity index (χ1n) is 10.6. The number of rotatable bonds is 3. The number of phenolic OH excluding ortho intramolecular Hbond substituents is 2. The maximum atomic E-state index is 12.8. The maximum Gasteiger partial charge on any atom is 0.225 e. The van der Waals surface area contributed by atoms with E-state index in [1.807, 2.05) is 17.5 Å². The first kappa shape index (κ1) is 18.5. The van der Waals surface area contributed by atoms with Crippen molar-refractivity contribution in [3.63, 3.8) is 0 Å². The summed E-state index contributed by atoms with van der Waals surface area (Å²) in [5.41, 5.74) is 1.24. The average Bonchev–Trinajstić information content (AvgIpc) is 3.33. The number of phenols is 2. The van der Waals surface area contributed by atoms with E-state index < -0.39 is 0 Å². The van der Waals surface area contributed by atoms with Crippen molar-refractivity contribution in [3.05, 3.63) is 44.8 Å². The van der Waals surface area contributed by atoms with Crippen molar-refractivity contribution in [1.29, 1.82) is 0 Å². The van der Waals surface area contributed by atoms with Crippen LogP contribution in [0.2, 0.25) is 0 Å². The number of piperidine rings is 1. The molecular formula is C22H24N2O5S. The highest BCUT2D eigenvalue weighted by atomic mass is 32.1. The summed E-state index contributed by atoms with van der Waals surface area (Å²) in [5.74, 6) is 0.400. The molecule has 1 amide bonds. The normalized spacial score (nSPS) is 35.4. The molecule has 2 aliphatic carbocycles. The molecule has 0 radical (unpaired) electrons. The molecule has 1 saturated carbocycles. The molecule has 2 aromatic rings. The van der Waals surface area contributed by atoms with Gasteiger partial charge in [-0.05, 0) is 24.3 Å². The van der Waals surface area contributed by atoms with E-state index in [1.54, 1.807) is 11.3 Å². The lowest BCUT2D eigenvalue weighted by Crippen LogP contribution is -3.15. The van der Waals surface area contributed by atoms with Gasteiger partial charge in [-0.25, -0.2) is 0 Å². The number of carbonyl (C=O) groups excluding carboxylic acids is 1. The number of hydroxylamine groups is 2. The van der Waals surface area contributed by atoms with E-state index in [0.717, 1.165) is 23.3 Å². The van der Waals surface area contributed by atoms with Crippen LogP contribution in [0.3, 0.4) is 0 Å². The van der Waals surface area contributed by atoms with E-state index in [-0.39, 0.29) is 52.0 Å². The standard InChI is InChI=1S/C22H24N2O5S/c25-16-10-17-19-12(20(16)27)9-15-13-3-4-14(23-18(26)8-11-2-1-7-30-11)21(29-17)22(13,19)5-6-24(15)28/h1-2,7,10,13-15,21,24-25,27H,3-6,8-9H2,(H,23,26)/t13-,14+,15+,21-,22-/m0/s1. The number of hydrogen-bond donors (Lipinski definition) is 4. The SMILES string of the molecule is O=C(Cc1cccs1)N[C@@H]1CC[C@H]2[C@H]3Cc4c(O)c(O)cc5c4[C@@]2(CC[NH+]3[O-])[C@H]1O5. The molecule has 1 aromatic carbocycles. The van der Waals surface area contributed by atoms with Gasteiger partial charge in [-0.2, -0.15) is 0 Å². The van der Waals surface area contributed by atoms with E-state index in [1.165, 1.54) is 6.07 Å². The monoisotopic (exact) mass is 428 g/mol. The van der Waals surface area contributed by atoms with Crippen LogP contribution in [0.5, 0.6) is 17.2 Å². The Bertz CT molecular complexity index is 1030. The van der Waals surface area contributed by atoms with E-state index in [2.05, 4.69) is 5.32 Å². The third-order valence-corrected chi connectivity index (χ3v) is 8.63. The summed E-state index contributed by atoms with van der Waals surface area (Å²) in [5, 5.41) is 39.0. The molecule has 1 aromatic heterocycles. The topological polar surface area (TPSA) is 106 Å². The molecule has 8 heteroatoms. The quantitative estimate of drug-likeness (QED) is 0.431. The molecule has 1 spiro atoms. The van der Waals surface area contributed by atoms with Crippen LogP contribution in [0.15, 0.2) is 23.6 Å². The van der Waals surface area contributed by atoms with Gasteiger partial charge in [0.25, 0.3) is 0 Å². The Kier molecular flexibility index (Phi) is 3.91. The first-order chi connectivity index (χ1) is 14.5. The summed E-state index contributed by atoms with van der Waals surface area (Å²) < 4.78 is 6.40. The predicted molar refractivity (Wildman–Crippen MR) is 110 cm³/mol. The summed E-state index contributed by atoms with van der Waals surface area (Å²) in [7, 11) is 0. The number of ether oxygens (including phenoxy) is 1. The minimum Gasteiger partial charge on any atom is -0.634 e. The Balaban J connectivity index is 1.39. The number of benzene rings is 1. The van der Waals surface area contributed by atoms with Gasteiger partial charge in [0.2, 0.25) is 5.91 Å². The van der Waals surface area contributed by atoms with Gasteiger partial charge in [-0.3, -0.25) is 4.79 Å². The zero-order valence-electron chi connectivity index (χ0n) is 16.4. The van der Waals surface area contributed by atoms with Crippen LogP contribution in [0, 0.1) is 11.1 Å². The molecular weight excluding hydrogens is 404 g/mol. The molecule has 3 heterocycles. The first-order valence-corrected chi connectivity index (χ1v) is 11.5. The molecule has 1 unspecified atom stereocenters. The Morgan fingerprint density at radius 2 is 2.27 bits per heavy atom. The fourth-order valence-electron chi connectivity index (χ4n) is 6.68. The number of thiophene rings is 1. The Morgan fingerprint density at radius 1 is 1.40 bits per heavy atom. The highest BCUT2D eigenvalue weighted by Crippen LogP contribution is 2.62. The largest absolute Gasteiger partial charge is 0.634 e. The number of hydrogen-bond acceptors (Lipinski definition) is 6. The van der Waals surface area contributed by atoms with Gasteiger partial charge in [-0.1, -0.05) is 6.07 Å². The van der Waals surface area contributed by atoms with Gasteiger partial charge in [0, 0.05) is 40.8 Å². The van der Waals surface area contributed by atoms with Gasteiger partial charge in [0.05, 0.1) is 30.5 Å². The third kappa shape index (κ3) is 2.35. The van der Waals surface area contributed by atoms with Crippen LogP contribution in [-0.4, -0.2) is 40.9 Å². The van der Waals surface area contributed by atoms with Crippen LogP contribution in [0.25, 0.3) is 0 Å². The van der Waals surface area contributed by atoms with Gasteiger partial charge in [0.1, 0.15) is 11.9 Å². The minimum atomic E-state index is -0.383. The van der Waals surface area contributed by atoms with E-state index in [4.69, 9.17) is 4.74 Å². The summed E-state index contributed by atoms with van der Waals surface area (Å²) in [6.45, 7) is 0.497. The number of carbonyl (C=O) groups is 1. The van der Waals surface area contributed by atoms with Crippen molar-refractivity contribution in [2.45, 2.75) is 55.7 Å². The Morgan fingerprint density at radius 3 is 3.07 bits per heavy atom. The molecule has 1 saturated heterocycles. The highest BCUT2D eigenvalue weighted by molar-refractivity contribution is 7.10. The molecule has 2 aliphatic heterocycles. The summed E-state index contributed by atoms with van der Waals surface area (Å²) >= 11 is 1.57.